The number of piperidine rings is 1. The van der Waals surface area contributed by atoms with Gasteiger partial charge in [-0.05, 0) is 73.9 Å². The van der Waals surface area contributed by atoms with Gasteiger partial charge in [0.15, 0.2) is 0 Å². The Balaban J connectivity index is 1.29. The molecule has 1 saturated heterocycles. The topological polar surface area (TPSA) is 44.8 Å². The van der Waals surface area contributed by atoms with E-state index in [1.54, 1.807) is 19.2 Å². The highest BCUT2D eigenvalue weighted by Gasteiger charge is 2.33. The number of hydrogen-bond donors (Lipinski definition) is 1. The molecule has 31 heavy (non-hydrogen) atoms. The Morgan fingerprint density at radius 1 is 1.13 bits per heavy atom. The number of benzene rings is 2. The first kappa shape index (κ1) is 21.6. The molecule has 0 spiro atoms. The predicted octanol–water partition coefficient (Wildman–Crippen LogP) is 4.79. The van der Waals surface area contributed by atoms with Crippen LogP contribution < -0.4 is 10.1 Å². The highest BCUT2D eigenvalue weighted by Crippen LogP contribution is 2.32. The molecular weight excluding hydrogens is 393 g/mol. The molecule has 166 valence electrons. The molecule has 6 heteroatoms. The average Bonchev–Trinajstić information content (AvgIpc) is 3.61. The summed E-state index contributed by atoms with van der Waals surface area (Å²) in [5, 5.41) is 2.90. The second kappa shape index (κ2) is 10.1. The molecular formula is C25H32FN3O2. The van der Waals surface area contributed by atoms with Gasteiger partial charge in [-0.15, -0.1) is 0 Å². The van der Waals surface area contributed by atoms with Gasteiger partial charge in [-0.25, -0.2) is 9.18 Å². The first-order chi connectivity index (χ1) is 15.1. The Labute approximate surface area is 184 Å². The fraction of sp³-hybridized carbons (Fsp3) is 0.480. The normalized spacial score (nSPS) is 17.4. The Morgan fingerprint density at radius 2 is 1.87 bits per heavy atom. The molecule has 2 aliphatic rings. The minimum atomic E-state index is -0.336. The third-order valence-electron chi connectivity index (χ3n) is 6.36. The molecule has 0 aromatic heterocycles. The maximum absolute atomic E-state index is 13.5. The highest BCUT2D eigenvalue weighted by atomic mass is 19.1. The highest BCUT2D eigenvalue weighted by molar-refractivity contribution is 5.89. The molecule has 0 atom stereocenters. The van der Waals surface area contributed by atoms with Gasteiger partial charge in [0, 0.05) is 37.9 Å². The number of nitrogens with zero attached hydrogens (tertiary/aromatic N) is 2. The second-order valence-corrected chi connectivity index (χ2v) is 8.71. The number of ether oxygens (including phenoxy) is 1. The molecule has 2 fully saturated rings. The van der Waals surface area contributed by atoms with E-state index >= 15 is 0 Å². The summed E-state index contributed by atoms with van der Waals surface area (Å²) in [6.07, 6.45) is 5.37. The van der Waals surface area contributed by atoms with Gasteiger partial charge in [-0.1, -0.05) is 18.2 Å². The summed E-state index contributed by atoms with van der Waals surface area (Å²) in [7, 11) is 1.68. The third kappa shape index (κ3) is 6.20. The van der Waals surface area contributed by atoms with E-state index in [-0.39, 0.29) is 17.9 Å². The zero-order valence-corrected chi connectivity index (χ0v) is 18.2. The number of nitrogens with one attached hydrogen (secondary N) is 1. The number of halogens is 1. The molecule has 2 aromatic rings. The van der Waals surface area contributed by atoms with Crippen LogP contribution in [0.1, 0.15) is 31.2 Å². The molecule has 0 radical (unpaired) electrons. The van der Waals surface area contributed by atoms with Crippen molar-refractivity contribution in [1.82, 2.24) is 9.80 Å². The summed E-state index contributed by atoms with van der Waals surface area (Å²) in [4.78, 5) is 17.5. The molecule has 1 heterocycles. The molecule has 1 saturated carbocycles. The Bertz CT molecular complexity index is 861. The minimum absolute atomic E-state index is 0.103. The lowest BCUT2D eigenvalue weighted by Gasteiger charge is -2.38. The van der Waals surface area contributed by atoms with Crippen molar-refractivity contribution in [2.24, 2.45) is 5.92 Å². The van der Waals surface area contributed by atoms with Gasteiger partial charge in [0.25, 0.3) is 0 Å². The number of carbonyl (C=O) groups is 1. The molecule has 2 aromatic carbocycles. The standard InChI is InChI=1S/C25H32FN3O2/c1-31-24-9-7-19(8-10-24)11-14-28-15-12-23(13-16-28)29(18-20-5-6-20)25(30)27-22-4-2-3-21(26)17-22/h2-4,7-10,17,20,23H,5-6,11-16,18H2,1H3,(H,27,30). The maximum atomic E-state index is 13.5. The van der Waals surface area contributed by atoms with E-state index in [9.17, 15) is 9.18 Å². The zero-order chi connectivity index (χ0) is 21.6. The molecule has 1 N–H and O–H groups in total. The van der Waals surface area contributed by atoms with Crippen LogP contribution in [-0.4, -0.2) is 55.2 Å². The lowest BCUT2D eigenvalue weighted by atomic mass is 10.0. The van der Waals surface area contributed by atoms with Crippen molar-refractivity contribution in [2.75, 3.05) is 38.6 Å². The van der Waals surface area contributed by atoms with Gasteiger partial charge in [0.05, 0.1) is 7.11 Å². The molecule has 2 amide bonds. The quantitative estimate of drug-likeness (QED) is 0.662. The summed E-state index contributed by atoms with van der Waals surface area (Å²) >= 11 is 0. The lowest BCUT2D eigenvalue weighted by molar-refractivity contribution is 0.125. The van der Waals surface area contributed by atoms with Crippen LogP contribution >= 0.6 is 0 Å². The fourth-order valence-electron chi connectivity index (χ4n) is 4.27. The molecule has 4 rings (SSSR count). The van der Waals surface area contributed by atoms with Crippen LogP contribution in [0, 0.1) is 11.7 Å². The van der Waals surface area contributed by atoms with Crippen molar-refractivity contribution in [3.63, 3.8) is 0 Å². The largest absolute Gasteiger partial charge is 0.497 e. The number of urea groups is 1. The van der Waals surface area contributed by atoms with Crippen molar-refractivity contribution >= 4 is 11.7 Å². The molecule has 1 aliphatic carbocycles. The zero-order valence-electron chi connectivity index (χ0n) is 18.2. The predicted molar refractivity (Wildman–Crippen MR) is 121 cm³/mol. The molecule has 0 bridgehead atoms. The summed E-state index contributed by atoms with van der Waals surface area (Å²) in [6, 6.07) is 14.5. The summed E-state index contributed by atoms with van der Waals surface area (Å²) in [5.41, 5.74) is 1.83. The number of likely N-dealkylation sites (tertiary alicyclic amines) is 1. The van der Waals surface area contributed by atoms with Gasteiger partial charge < -0.3 is 19.9 Å². The van der Waals surface area contributed by atoms with Crippen LogP contribution in [0.3, 0.4) is 0 Å². The Kier molecular flexibility index (Phi) is 7.07. The monoisotopic (exact) mass is 425 g/mol. The van der Waals surface area contributed by atoms with Crippen LogP contribution in [0.4, 0.5) is 14.9 Å². The van der Waals surface area contributed by atoms with Crippen LogP contribution in [-0.2, 0) is 6.42 Å². The van der Waals surface area contributed by atoms with Gasteiger partial charge in [-0.3, -0.25) is 0 Å². The first-order valence-corrected chi connectivity index (χ1v) is 11.3. The van der Waals surface area contributed by atoms with E-state index in [4.69, 9.17) is 4.74 Å². The number of carbonyl (C=O) groups excluding carboxylic acids is 1. The summed E-state index contributed by atoms with van der Waals surface area (Å²) in [5.74, 6) is 1.17. The van der Waals surface area contributed by atoms with Crippen molar-refractivity contribution in [3.05, 3.63) is 59.9 Å². The van der Waals surface area contributed by atoms with Gasteiger partial charge >= 0.3 is 6.03 Å². The van der Waals surface area contributed by atoms with E-state index in [0.29, 0.717) is 11.6 Å². The van der Waals surface area contributed by atoms with Crippen molar-refractivity contribution < 1.29 is 13.9 Å². The number of rotatable bonds is 8. The smallest absolute Gasteiger partial charge is 0.322 e. The van der Waals surface area contributed by atoms with Crippen LogP contribution in [0.15, 0.2) is 48.5 Å². The maximum Gasteiger partial charge on any atom is 0.322 e. The van der Waals surface area contributed by atoms with Crippen LogP contribution in [0.5, 0.6) is 5.75 Å². The lowest BCUT2D eigenvalue weighted by Crippen LogP contribution is -2.49. The third-order valence-corrected chi connectivity index (χ3v) is 6.36. The fourth-order valence-corrected chi connectivity index (χ4v) is 4.27. The molecule has 1 aliphatic heterocycles. The van der Waals surface area contributed by atoms with E-state index in [1.165, 1.54) is 30.5 Å². The number of anilines is 1. The van der Waals surface area contributed by atoms with Crippen LogP contribution in [0.2, 0.25) is 0 Å². The number of methoxy groups -OCH3 is 1. The van der Waals surface area contributed by atoms with Gasteiger partial charge in [-0.2, -0.15) is 0 Å². The SMILES string of the molecule is COc1ccc(CCN2CCC(N(CC3CC3)C(=O)Nc3cccc(F)c3)CC2)cc1. The van der Waals surface area contributed by atoms with Crippen LogP contribution in [0.25, 0.3) is 0 Å². The number of hydrogen-bond acceptors (Lipinski definition) is 3. The first-order valence-electron chi connectivity index (χ1n) is 11.3. The van der Waals surface area contributed by atoms with Crippen molar-refractivity contribution in [3.8, 4) is 5.75 Å². The number of amides is 2. The summed E-state index contributed by atoms with van der Waals surface area (Å²) < 4.78 is 18.7. The van der Waals surface area contributed by atoms with Crippen molar-refractivity contribution in [1.29, 1.82) is 0 Å². The second-order valence-electron chi connectivity index (χ2n) is 8.71. The minimum Gasteiger partial charge on any atom is -0.497 e. The average molecular weight is 426 g/mol. The Morgan fingerprint density at radius 3 is 2.52 bits per heavy atom. The Hall–Kier alpha value is -2.60. The van der Waals surface area contributed by atoms with E-state index < -0.39 is 0 Å². The molecule has 5 nitrogen and oxygen atoms in total. The van der Waals surface area contributed by atoms with Gasteiger partial charge in [0.1, 0.15) is 11.6 Å². The van der Waals surface area contributed by atoms with Crippen molar-refractivity contribution in [2.45, 2.75) is 38.1 Å². The van der Waals surface area contributed by atoms with E-state index in [2.05, 4.69) is 22.3 Å². The van der Waals surface area contributed by atoms with Gasteiger partial charge in [0.2, 0.25) is 0 Å². The van der Waals surface area contributed by atoms with E-state index in [0.717, 1.165) is 51.2 Å². The summed E-state index contributed by atoms with van der Waals surface area (Å²) in [6.45, 7) is 3.82. The van der Waals surface area contributed by atoms with E-state index in [1.807, 2.05) is 17.0 Å². The molecule has 0 unspecified atom stereocenters.